The maximum absolute atomic E-state index is 12.7. The van der Waals surface area contributed by atoms with Gasteiger partial charge in [0.1, 0.15) is 0 Å². The predicted molar refractivity (Wildman–Crippen MR) is 72.3 cm³/mol. The SMILES string of the molecule is CC1C[C@@H](C)N(C(=O)C(C)C2CCOCC2)C1C. The molecule has 0 spiro atoms. The Hall–Kier alpha value is -0.570. The Morgan fingerprint density at radius 1 is 1.22 bits per heavy atom. The van der Waals surface area contributed by atoms with Crippen LogP contribution in [0.5, 0.6) is 0 Å². The van der Waals surface area contributed by atoms with E-state index in [1.807, 2.05) is 0 Å². The van der Waals surface area contributed by atoms with Gasteiger partial charge >= 0.3 is 0 Å². The summed E-state index contributed by atoms with van der Waals surface area (Å²) in [6, 6.07) is 0.805. The van der Waals surface area contributed by atoms with Crippen LogP contribution < -0.4 is 0 Å². The molecular formula is C15H27NO2. The minimum absolute atomic E-state index is 0.157. The van der Waals surface area contributed by atoms with Crippen LogP contribution >= 0.6 is 0 Å². The van der Waals surface area contributed by atoms with Crippen molar-refractivity contribution in [2.75, 3.05) is 13.2 Å². The zero-order chi connectivity index (χ0) is 13.3. The Morgan fingerprint density at radius 2 is 1.83 bits per heavy atom. The molecule has 0 aromatic rings. The number of carbonyl (C=O) groups excluding carboxylic acids is 1. The van der Waals surface area contributed by atoms with Gasteiger partial charge in [-0.25, -0.2) is 0 Å². The molecule has 4 atom stereocenters. The van der Waals surface area contributed by atoms with E-state index in [1.165, 1.54) is 0 Å². The van der Waals surface area contributed by atoms with E-state index in [0.717, 1.165) is 32.5 Å². The number of rotatable bonds is 2. The summed E-state index contributed by atoms with van der Waals surface area (Å²) in [5, 5.41) is 0. The van der Waals surface area contributed by atoms with Crippen LogP contribution in [0.15, 0.2) is 0 Å². The van der Waals surface area contributed by atoms with Crippen LogP contribution in [0.2, 0.25) is 0 Å². The monoisotopic (exact) mass is 253 g/mol. The lowest BCUT2D eigenvalue weighted by molar-refractivity contribution is -0.140. The first-order valence-corrected chi connectivity index (χ1v) is 7.42. The van der Waals surface area contributed by atoms with Crippen LogP contribution in [0.4, 0.5) is 0 Å². The second-order valence-corrected chi connectivity index (χ2v) is 6.29. The fraction of sp³-hybridized carbons (Fsp3) is 0.933. The Labute approximate surface area is 111 Å². The Bertz CT molecular complexity index is 299. The topological polar surface area (TPSA) is 29.5 Å². The molecule has 2 heterocycles. The number of amides is 1. The third-order valence-electron chi connectivity index (χ3n) is 5.07. The quantitative estimate of drug-likeness (QED) is 0.757. The standard InChI is InChI=1S/C15H27NO2/c1-10-9-11(2)16(13(10)4)15(17)12(3)14-5-7-18-8-6-14/h10-14H,5-9H2,1-4H3/t10?,11-,12?,13?/m1/s1. The van der Waals surface area contributed by atoms with Crippen molar-refractivity contribution < 1.29 is 9.53 Å². The van der Waals surface area contributed by atoms with Crippen LogP contribution in [-0.4, -0.2) is 36.1 Å². The molecule has 104 valence electrons. The lowest BCUT2D eigenvalue weighted by atomic mass is 9.86. The van der Waals surface area contributed by atoms with Crippen molar-refractivity contribution in [3.63, 3.8) is 0 Å². The third-order valence-corrected chi connectivity index (χ3v) is 5.07. The zero-order valence-corrected chi connectivity index (χ0v) is 12.2. The van der Waals surface area contributed by atoms with Gasteiger partial charge in [0, 0.05) is 31.2 Å². The van der Waals surface area contributed by atoms with E-state index in [9.17, 15) is 4.79 Å². The van der Waals surface area contributed by atoms with Crippen molar-refractivity contribution in [2.24, 2.45) is 17.8 Å². The van der Waals surface area contributed by atoms with Gasteiger partial charge in [0.15, 0.2) is 0 Å². The van der Waals surface area contributed by atoms with E-state index in [0.29, 0.717) is 29.8 Å². The van der Waals surface area contributed by atoms with Crippen molar-refractivity contribution in [1.82, 2.24) is 4.90 Å². The summed E-state index contributed by atoms with van der Waals surface area (Å²) < 4.78 is 5.39. The van der Waals surface area contributed by atoms with Gasteiger partial charge in [0.25, 0.3) is 0 Å². The van der Waals surface area contributed by atoms with Gasteiger partial charge < -0.3 is 9.64 Å². The Morgan fingerprint density at radius 3 is 2.33 bits per heavy atom. The van der Waals surface area contributed by atoms with Crippen molar-refractivity contribution in [3.05, 3.63) is 0 Å². The second-order valence-electron chi connectivity index (χ2n) is 6.29. The average molecular weight is 253 g/mol. The number of ether oxygens (including phenoxy) is 1. The smallest absolute Gasteiger partial charge is 0.226 e. The van der Waals surface area contributed by atoms with Gasteiger partial charge in [-0.15, -0.1) is 0 Å². The highest BCUT2D eigenvalue weighted by Crippen LogP contribution is 2.33. The summed E-state index contributed by atoms with van der Waals surface area (Å²) in [6.45, 7) is 10.4. The molecule has 3 heteroatoms. The molecule has 2 saturated heterocycles. The Balaban J connectivity index is 2.01. The first kappa shape index (κ1) is 13.9. The van der Waals surface area contributed by atoms with E-state index in [2.05, 4.69) is 32.6 Å². The molecule has 2 rings (SSSR count). The molecule has 2 fully saturated rings. The first-order valence-electron chi connectivity index (χ1n) is 7.42. The van der Waals surface area contributed by atoms with Gasteiger partial charge in [-0.05, 0) is 44.9 Å². The molecule has 3 unspecified atom stereocenters. The van der Waals surface area contributed by atoms with Crippen molar-refractivity contribution in [2.45, 2.75) is 59.0 Å². The highest BCUT2D eigenvalue weighted by Gasteiger charge is 2.39. The highest BCUT2D eigenvalue weighted by atomic mass is 16.5. The normalized spacial score (nSPS) is 35.8. The molecule has 3 nitrogen and oxygen atoms in total. The fourth-order valence-corrected chi connectivity index (χ4v) is 3.59. The van der Waals surface area contributed by atoms with Gasteiger partial charge in [-0.3, -0.25) is 4.79 Å². The molecule has 2 aliphatic rings. The molecule has 0 bridgehead atoms. The first-order chi connectivity index (χ1) is 8.52. The van der Waals surface area contributed by atoms with Gasteiger partial charge in [0.2, 0.25) is 5.91 Å². The Kier molecular flexibility index (Phi) is 4.31. The number of nitrogens with zero attached hydrogens (tertiary/aromatic N) is 1. The lowest BCUT2D eigenvalue weighted by Gasteiger charge is -2.34. The van der Waals surface area contributed by atoms with Gasteiger partial charge in [0.05, 0.1) is 0 Å². The minimum Gasteiger partial charge on any atom is -0.381 e. The van der Waals surface area contributed by atoms with Gasteiger partial charge in [-0.2, -0.15) is 0 Å². The summed E-state index contributed by atoms with van der Waals surface area (Å²) >= 11 is 0. The molecule has 18 heavy (non-hydrogen) atoms. The van der Waals surface area contributed by atoms with Crippen LogP contribution in [-0.2, 0) is 9.53 Å². The fourth-order valence-electron chi connectivity index (χ4n) is 3.59. The molecule has 0 aliphatic carbocycles. The molecule has 0 aromatic carbocycles. The number of carbonyl (C=O) groups is 1. The highest BCUT2D eigenvalue weighted by molar-refractivity contribution is 5.79. The maximum Gasteiger partial charge on any atom is 0.226 e. The van der Waals surface area contributed by atoms with E-state index in [4.69, 9.17) is 4.74 Å². The number of hydrogen-bond acceptors (Lipinski definition) is 2. The molecule has 0 radical (unpaired) electrons. The minimum atomic E-state index is 0.157. The van der Waals surface area contributed by atoms with Crippen LogP contribution in [0.25, 0.3) is 0 Å². The molecule has 0 saturated carbocycles. The van der Waals surface area contributed by atoms with Crippen LogP contribution in [0, 0.1) is 17.8 Å². The van der Waals surface area contributed by atoms with E-state index < -0.39 is 0 Å². The van der Waals surface area contributed by atoms with Crippen LogP contribution in [0.3, 0.4) is 0 Å². The summed E-state index contributed by atoms with van der Waals surface area (Å²) in [5.41, 5.74) is 0. The number of likely N-dealkylation sites (tertiary alicyclic amines) is 1. The van der Waals surface area contributed by atoms with E-state index in [-0.39, 0.29) is 5.92 Å². The summed E-state index contributed by atoms with van der Waals surface area (Å²) in [7, 11) is 0. The second kappa shape index (κ2) is 5.60. The van der Waals surface area contributed by atoms with Gasteiger partial charge in [-0.1, -0.05) is 13.8 Å². The van der Waals surface area contributed by atoms with Crippen molar-refractivity contribution >= 4 is 5.91 Å². The van der Waals surface area contributed by atoms with E-state index >= 15 is 0 Å². The molecule has 0 aromatic heterocycles. The maximum atomic E-state index is 12.7. The average Bonchev–Trinajstić information content (AvgIpc) is 2.63. The zero-order valence-electron chi connectivity index (χ0n) is 12.2. The number of hydrogen-bond donors (Lipinski definition) is 0. The van der Waals surface area contributed by atoms with Crippen molar-refractivity contribution in [1.29, 1.82) is 0 Å². The van der Waals surface area contributed by atoms with E-state index in [1.54, 1.807) is 0 Å². The lowest BCUT2D eigenvalue weighted by Crippen LogP contribution is -2.44. The largest absolute Gasteiger partial charge is 0.381 e. The third kappa shape index (κ3) is 2.56. The molecule has 1 amide bonds. The van der Waals surface area contributed by atoms with Crippen LogP contribution in [0.1, 0.15) is 47.0 Å². The molecule has 0 N–H and O–H groups in total. The summed E-state index contributed by atoms with van der Waals surface area (Å²) in [4.78, 5) is 14.8. The summed E-state index contributed by atoms with van der Waals surface area (Å²) in [5.74, 6) is 1.67. The molecular weight excluding hydrogens is 226 g/mol. The predicted octanol–water partition coefficient (Wildman–Crippen LogP) is 2.69. The molecule has 2 aliphatic heterocycles. The summed E-state index contributed by atoms with van der Waals surface area (Å²) in [6.07, 6.45) is 3.23. The van der Waals surface area contributed by atoms with Crippen molar-refractivity contribution in [3.8, 4) is 0 Å².